The lowest BCUT2D eigenvalue weighted by Crippen LogP contribution is -2.47. The summed E-state index contributed by atoms with van der Waals surface area (Å²) >= 11 is 1.39. The lowest BCUT2D eigenvalue weighted by Gasteiger charge is -2.38. The Bertz CT molecular complexity index is 1440. The number of aromatic nitrogens is 2. The summed E-state index contributed by atoms with van der Waals surface area (Å²) < 4.78 is 9.83. The van der Waals surface area contributed by atoms with Gasteiger partial charge in [0, 0.05) is 34.6 Å². The molecule has 3 aromatic carbocycles. The minimum Gasteiger partial charge on any atom is -0.472 e. The largest absolute Gasteiger partial charge is 0.472 e. The third kappa shape index (κ3) is 4.91. The predicted molar refractivity (Wildman–Crippen MR) is 147 cm³/mol. The van der Waals surface area contributed by atoms with E-state index < -0.39 is 0 Å². The van der Waals surface area contributed by atoms with Gasteiger partial charge in [0.2, 0.25) is 11.8 Å². The van der Waals surface area contributed by atoms with Gasteiger partial charge in [0.1, 0.15) is 6.10 Å². The number of nitrogens with zero attached hydrogens (tertiary/aromatic N) is 3. The zero-order chi connectivity index (χ0) is 25.4. The summed E-state index contributed by atoms with van der Waals surface area (Å²) in [6.07, 6.45) is 0.599. The van der Waals surface area contributed by atoms with Gasteiger partial charge in [0.15, 0.2) is 0 Å². The molecule has 0 saturated carbocycles. The summed E-state index contributed by atoms with van der Waals surface area (Å²) in [5.74, 6) is 1.17. The number of carbonyl (C=O) groups is 1. The molecular weight excluding hydrogens is 480 g/mol. The average Bonchev–Trinajstić information content (AvgIpc) is 2.91. The number of ether oxygens (including phenoxy) is 1. The van der Waals surface area contributed by atoms with Crippen molar-refractivity contribution in [2.75, 3.05) is 17.8 Å². The van der Waals surface area contributed by atoms with Crippen molar-refractivity contribution in [2.24, 2.45) is 0 Å². The number of piperidine rings is 1. The molecule has 1 aromatic heterocycles. The van der Waals surface area contributed by atoms with Gasteiger partial charge in [-0.3, -0.25) is 9.52 Å². The van der Waals surface area contributed by atoms with Crippen molar-refractivity contribution >= 4 is 23.8 Å². The lowest BCUT2D eigenvalue weighted by molar-refractivity contribution is 0.0477. The second kappa shape index (κ2) is 9.90. The molecule has 2 aliphatic heterocycles. The number of rotatable bonds is 2. The molecule has 0 aliphatic carbocycles. The van der Waals surface area contributed by atoms with Crippen molar-refractivity contribution in [2.45, 2.75) is 37.2 Å². The highest BCUT2D eigenvalue weighted by Gasteiger charge is 2.33. The van der Waals surface area contributed by atoms with E-state index in [2.05, 4.69) is 48.9 Å². The molecule has 2 unspecified atom stereocenters. The highest BCUT2D eigenvalue weighted by atomic mass is 32.2. The van der Waals surface area contributed by atoms with Crippen molar-refractivity contribution in [1.29, 1.82) is 0 Å². The van der Waals surface area contributed by atoms with Crippen LogP contribution in [0.5, 0.6) is 5.88 Å². The number of anilines is 1. The number of hydrogen-bond donors (Lipinski definition) is 1. The Morgan fingerprint density at radius 1 is 0.919 bits per heavy atom. The number of amides is 1. The van der Waals surface area contributed by atoms with Gasteiger partial charge in [-0.25, -0.2) is 4.98 Å². The Morgan fingerprint density at radius 2 is 1.70 bits per heavy atom. The van der Waals surface area contributed by atoms with Crippen LogP contribution in [-0.2, 0) is 0 Å². The summed E-state index contributed by atoms with van der Waals surface area (Å²) in [4.78, 5) is 26.0. The van der Waals surface area contributed by atoms with E-state index in [4.69, 9.17) is 14.7 Å². The molecule has 0 radical (unpaired) electrons. The normalized spacial score (nSPS) is 19.1. The van der Waals surface area contributed by atoms with Crippen LogP contribution in [0.2, 0.25) is 0 Å². The van der Waals surface area contributed by atoms with Crippen molar-refractivity contribution in [3.63, 3.8) is 0 Å². The fraction of sp³-hybridized carbons (Fsp3) is 0.233. The van der Waals surface area contributed by atoms with Crippen molar-refractivity contribution in [1.82, 2.24) is 14.9 Å². The molecule has 6 rings (SSSR count). The number of carbonyl (C=O) groups excluding carboxylic acids is 1. The van der Waals surface area contributed by atoms with E-state index in [1.54, 1.807) is 0 Å². The molecule has 6 bridgehead atoms. The fourth-order valence-electron chi connectivity index (χ4n) is 5.30. The van der Waals surface area contributed by atoms with Crippen LogP contribution < -0.4 is 9.46 Å². The maximum Gasteiger partial charge on any atom is 0.254 e. The second-order valence-electron chi connectivity index (χ2n) is 9.71. The number of aryl methyl sites for hydroxylation is 2. The highest BCUT2D eigenvalue weighted by Crippen LogP contribution is 2.34. The summed E-state index contributed by atoms with van der Waals surface area (Å²) in [6.45, 7) is 5.35. The van der Waals surface area contributed by atoms with E-state index >= 15 is 0 Å². The SMILES string of the molecule is Cc1cccc(C)c1-c1cc2nc(n1)NSc1cccc(c1)C(=O)N1CC(CC(c3ccccc3)C1)O2. The van der Waals surface area contributed by atoms with Crippen LogP contribution in [0, 0.1) is 13.8 Å². The predicted octanol–water partition coefficient (Wildman–Crippen LogP) is 6.27. The van der Waals surface area contributed by atoms with E-state index in [9.17, 15) is 4.79 Å². The van der Waals surface area contributed by atoms with E-state index in [1.165, 1.54) is 17.5 Å². The minimum atomic E-state index is -0.201. The lowest BCUT2D eigenvalue weighted by atomic mass is 9.89. The number of hydrogen-bond acceptors (Lipinski definition) is 6. The second-order valence-corrected chi connectivity index (χ2v) is 10.6. The molecule has 2 aliphatic rings. The Balaban J connectivity index is 1.45. The molecule has 1 amide bonds. The van der Waals surface area contributed by atoms with Crippen LogP contribution in [0.15, 0.2) is 83.8 Å². The van der Waals surface area contributed by atoms with Crippen molar-refractivity contribution in [3.8, 4) is 17.1 Å². The van der Waals surface area contributed by atoms with E-state index in [1.807, 2.05) is 53.4 Å². The zero-order valence-electron chi connectivity index (χ0n) is 20.8. The molecule has 1 saturated heterocycles. The van der Waals surface area contributed by atoms with Gasteiger partial charge in [0.05, 0.1) is 12.2 Å². The molecular formula is C30H28N4O2S. The monoisotopic (exact) mass is 508 g/mol. The number of fused-ring (bicyclic) bond motifs is 6. The van der Waals surface area contributed by atoms with Crippen molar-refractivity contribution < 1.29 is 9.53 Å². The van der Waals surface area contributed by atoms with Gasteiger partial charge in [0.25, 0.3) is 5.91 Å². The number of benzene rings is 3. The summed E-state index contributed by atoms with van der Waals surface area (Å²) in [6, 6.07) is 26.3. The van der Waals surface area contributed by atoms with E-state index in [0.29, 0.717) is 30.5 Å². The molecule has 2 atom stereocenters. The van der Waals surface area contributed by atoms with Gasteiger partial charge >= 0.3 is 0 Å². The van der Waals surface area contributed by atoms with Gasteiger partial charge in [-0.2, -0.15) is 4.98 Å². The van der Waals surface area contributed by atoms with E-state index in [0.717, 1.165) is 33.7 Å². The molecule has 1 fully saturated rings. The molecule has 1 N–H and O–H groups in total. The van der Waals surface area contributed by atoms with E-state index in [-0.39, 0.29) is 17.9 Å². The summed E-state index contributed by atoms with van der Waals surface area (Å²) in [7, 11) is 0. The first-order chi connectivity index (χ1) is 18.0. The van der Waals surface area contributed by atoms with Gasteiger partial charge in [-0.15, -0.1) is 0 Å². The summed E-state index contributed by atoms with van der Waals surface area (Å²) in [5.41, 5.74) is 6.07. The van der Waals surface area contributed by atoms with Gasteiger partial charge in [-0.1, -0.05) is 54.6 Å². The topological polar surface area (TPSA) is 67.4 Å². The number of nitrogens with one attached hydrogen (secondary N) is 1. The Hall–Kier alpha value is -3.84. The van der Waals surface area contributed by atoms with Crippen LogP contribution in [0.4, 0.5) is 5.95 Å². The zero-order valence-corrected chi connectivity index (χ0v) is 21.7. The minimum absolute atomic E-state index is 0.0185. The Morgan fingerprint density at radius 3 is 2.51 bits per heavy atom. The van der Waals surface area contributed by atoms with Crippen LogP contribution in [0.3, 0.4) is 0 Å². The smallest absolute Gasteiger partial charge is 0.254 e. The summed E-state index contributed by atoms with van der Waals surface area (Å²) in [5, 5.41) is 0. The third-order valence-corrected chi connectivity index (χ3v) is 7.81. The molecule has 3 heterocycles. The third-order valence-electron chi connectivity index (χ3n) is 7.04. The quantitative estimate of drug-likeness (QED) is 0.322. The standard InChI is InChI=1S/C30H28N4O2S/c1-19-8-6-9-20(2)28(19)26-16-27-32-30(31-26)33-37-25-13-7-12-22(15-25)29(35)34-17-23(14-24(18-34)36-27)21-10-4-3-5-11-21/h3-13,15-16,23-24H,14,17-18H2,1-2H3,(H,31,32,33). The molecule has 186 valence electrons. The van der Waals surface area contributed by atoms with Crippen LogP contribution in [0.1, 0.15) is 39.4 Å². The maximum absolute atomic E-state index is 13.6. The van der Waals surface area contributed by atoms with Crippen LogP contribution in [0.25, 0.3) is 11.3 Å². The Kier molecular flexibility index (Phi) is 6.30. The van der Waals surface area contributed by atoms with Crippen LogP contribution in [-0.4, -0.2) is 40.0 Å². The maximum atomic E-state index is 13.6. The first-order valence-electron chi connectivity index (χ1n) is 12.5. The van der Waals surface area contributed by atoms with Gasteiger partial charge < -0.3 is 9.64 Å². The molecule has 6 nitrogen and oxygen atoms in total. The fourth-order valence-corrected chi connectivity index (χ4v) is 5.93. The first-order valence-corrected chi connectivity index (χ1v) is 13.3. The van der Waals surface area contributed by atoms with Crippen LogP contribution >= 0.6 is 11.9 Å². The first kappa shape index (κ1) is 23.6. The Labute approximate surface area is 221 Å². The molecule has 0 spiro atoms. The highest BCUT2D eigenvalue weighted by molar-refractivity contribution is 8.00. The average molecular weight is 509 g/mol. The van der Waals surface area contributed by atoms with Gasteiger partial charge in [-0.05, 0) is 67.1 Å². The van der Waals surface area contributed by atoms with Crippen molar-refractivity contribution in [3.05, 3.63) is 101 Å². The molecule has 7 heteroatoms. The molecule has 4 aromatic rings. The molecule has 37 heavy (non-hydrogen) atoms.